The van der Waals surface area contributed by atoms with Gasteiger partial charge in [-0.05, 0) is 0 Å². The SMILES string of the molecule is NBr.NCCS(=O)(=O)O. The maximum atomic E-state index is 9.71. The highest BCUT2D eigenvalue weighted by Crippen LogP contribution is 1.74. The van der Waals surface area contributed by atoms with Crippen molar-refractivity contribution in [2.75, 3.05) is 12.3 Å². The fraction of sp³-hybridized carbons (Fsp3) is 1.00. The third kappa shape index (κ3) is 17.8. The molecular weight excluding hydrogens is 212 g/mol. The molecule has 0 rings (SSSR count). The van der Waals surface area contributed by atoms with Crippen molar-refractivity contribution in [3.05, 3.63) is 0 Å². The fourth-order valence-corrected chi connectivity index (χ4v) is 0.447. The minimum absolute atomic E-state index is 0.0289. The molecule has 0 aliphatic heterocycles. The normalized spacial score (nSPS) is 9.78. The Labute approximate surface area is 62.5 Å². The zero-order chi connectivity index (χ0) is 7.91. The van der Waals surface area contributed by atoms with Gasteiger partial charge in [0.05, 0.1) is 5.75 Å². The monoisotopic (exact) mass is 220 g/mol. The number of hydrogen-bond acceptors (Lipinski definition) is 4. The van der Waals surface area contributed by atoms with Crippen molar-refractivity contribution in [1.29, 1.82) is 0 Å². The second-order valence-electron chi connectivity index (χ2n) is 1.07. The molecule has 5 nitrogen and oxygen atoms in total. The van der Waals surface area contributed by atoms with Gasteiger partial charge in [0.2, 0.25) is 0 Å². The highest BCUT2D eigenvalue weighted by atomic mass is 79.9. The molecule has 0 bridgehead atoms. The Morgan fingerprint density at radius 3 is 1.78 bits per heavy atom. The van der Waals surface area contributed by atoms with E-state index < -0.39 is 10.1 Å². The van der Waals surface area contributed by atoms with E-state index in [2.05, 4.69) is 20.9 Å². The van der Waals surface area contributed by atoms with Gasteiger partial charge in [-0.15, -0.1) is 0 Å². The zero-order valence-electron chi connectivity index (χ0n) is 4.62. The van der Waals surface area contributed by atoms with Crippen LogP contribution in [0.4, 0.5) is 0 Å². The summed E-state index contributed by atoms with van der Waals surface area (Å²) in [6.45, 7) is -0.0289. The van der Waals surface area contributed by atoms with Crippen LogP contribution in [0.1, 0.15) is 0 Å². The summed E-state index contributed by atoms with van der Waals surface area (Å²) >= 11 is 2.44. The summed E-state index contributed by atoms with van der Waals surface area (Å²) in [5.41, 5.74) is 4.78. The third-order valence-corrected chi connectivity index (χ3v) is 1.13. The Morgan fingerprint density at radius 1 is 1.44 bits per heavy atom. The lowest BCUT2D eigenvalue weighted by Gasteiger charge is -1.86. The highest BCUT2D eigenvalue weighted by molar-refractivity contribution is 9.07. The Hall–Kier alpha value is 0.310. The van der Waals surface area contributed by atoms with Crippen LogP contribution < -0.4 is 10.5 Å². The highest BCUT2D eigenvalue weighted by Gasteiger charge is 1.98. The minimum Gasteiger partial charge on any atom is -0.329 e. The van der Waals surface area contributed by atoms with Crippen LogP contribution in [-0.4, -0.2) is 25.3 Å². The molecule has 0 amide bonds. The molecule has 5 N–H and O–H groups in total. The summed E-state index contributed by atoms with van der Waals surface area (Å²) in [5, 5.41) is 0. The van der Waals surface area contributed by atoms with Gasteiger partial charge < -0.3 is 5.73 Å². The van der Waals surface area contributed by atoms with Gasteiger partial charge in [-0.3, -0.25) is 9.31 Å². The average molecular weight is 221 g/mol. The first-order valence-corrected chi connectivity index (χ1v) is 4.46. The van der Waals surface area contributed by atoms with Gasteiger partial charge in [-0.2, -0.15) is 8.42 Å². The average Bonchev–Trinajstić information content (AvgIpc) is 1.69. The molecule has 58 valence electrons. The van der Waals surface area contributed by atoms with Crippen LogP contribution in [0.3, 0.4) is 0 Å². The molecule has 0 spiro atoms. The molecule has 0 atom stereocenters. The molecule has 0 unspecified atom stereocenters. The smallest absolute Gasteiger partial charge is 0.266 e. The van der Waals surface area contributed by atoms with Gasteiger partial charge in [-0.25, -0.2) is 0 Å². The largest absolute Gasteiger partial charge is 0.329 e. The predicted molar refractivity (Wildman–Crippen MR) is 38.6 cm³/mol. The molecule has 0 heterocycles. The van der Waals surface area contributed by atoms with Crippen LogP contribution in [0.15, 0.2) is 0 Å². The second kappa shape index (κ2) is 6.43. The Balaban J connectivity index is 0. The van der Waals surface area contributed by atoms with Crippen molar-refractivity contribution in [1.82, 2.24) is 0 Å². The first-order chi connectivity index (χ1) is 4.06. The van der Waals surface area contributed by atoms with Crippen molar-refractivity contribution >= 4 is 26.3 Å². The standard InChI is InChI=1S/C2H7NO3S.BrH2N/c3-1-2-7(4,5)6;1-2/h1-3H2,(H,4,5,6);2H2. The van der Waals surface area contributed by atoms with Crippen molar-refractivity contribution in [3.8, 4) is 0 Å². The first-order valence-electron chi connectivity index (χ1n) is 1.93. The fourth-order valence-electron chi connectivity index (χ4n) is 0.149. The lowest BCUT2D eigenvalue weighted by Crippen LogP contribution is -2.13. The molecule has 9 heavy (non-hydrogen) atoms. The van der Waals surface area contributed by atoms with Crippen molar-refractivity contribution in [3.63, 3.8) is 0 Å². The third-order valence-electron chi connectivity index (χ3n) is 0.376. The Morgan fingerprint density at radius 2 is 1.78 bits per heavy atom. The molecule has 0 aromatic rings. The number of nitrogens with two attached hydrogens (primary N) is 2. The minimum atomic E-state index is -3.80. The van der Waals surface area contributed by atoms with E-state index in [0.29, 0.717) is 0 Å². The molecule has 0 radical (unpaired) electrons. The summed E-state index contributed by atoms with van der Waals surface area (Å²) < 4.78 is 31.6. The van der Waals surface area contributed by atoms with E-state index in [0.717, 1.165) is 0 Å². The van der Waals surface area contributed by atoms with Crippen LogP contribution in [0, 0.1) is 0 Å². The maximum Gasteiger partial charge on any atom is 0.266 e. The van der Waals surface area contributed by atoms with E-state index in [1.807, 2.05) is 0 Å². The number of hydrogen-bond donors (Lipinski definition) is 3. The van der Waals surface area contributed by atoms with Gasteiger partial charge in [0.25, 0.3) is 10.1 Å². The Bertz CT molecular complexity index is 133. The quantitative estimate of drug-likeness (QED) is 0.413. The van der Waals surface area contributed by atoms with E-state index in [1.165, 1.54) is 0 Å². The molecule has 0 saturated carbocycles. The van der Waals surface area contributed by atoms with Crippen molar-refractivity contribution in [2.24, 2.45) is 10.5 Å². The zero-order valence-corrected chi connectivity index (χ0v) is 7.02. The summed E-state index contributed by atoms with van der Waals surface area (Å²) in [6, 6.07) is 0. The predicted octanol–water partition coefficient (Wildman–Crippen LogP) is -0.912. The molecule has 0 saturated heterocycles. The number of rotatable bonds is 2. The summed E-state index contributed by atoms with van der Waals surface area (Å²) in [4.78, 5) is 0. The molecular formula is C2H9BrN2O3S. The van der Waals surface area contributed by atoms with E-state index in [1.54, 1.807) is 0 Å². The van der Waals surface area contributed by atoms with Gasteiger partial charge >= 0.3 is 0 Å². The lowest BCUT2D eigenvalue weighted by molar-refractivity contribution is 0.483. The summed E-state index contributed by atoms with van der Waals surface area (Å²) in [6.07, 6.45) is 0. The molecule has 7 heteroatoms. The molecule has 0 aliphatic carbocycles. The second-order valence-corrected chi connectivity index (χ2v) is 2.65. The Kier molecular flexibility index (Phi) is 8.60. The number of halogens is 1. The van der Waals surface area contributed by atoms with E-state index in [-0.39, 0.29) is 12.3 Å². The van der Waals surface area contributed by atoms with Crippen LogP contribution in [0.25, 0.3) is 0 Å². The first kappa shape index (κ1) is 12.0. The molecule has 0 aromatic carbocycles. The lowest BCUT2D eigenvalue weighted by atomic mass is 10.8. The molecule has 0 fully saturated rings. The summed E-state index contributed by atoms with van der Waals surface area (Å²) in [5.74, 6) is -0.354. The van der Waals surface area contributed by atoms with Gasteiger partial charge in [0.1, 0.15) is 0 Å². The van der Waals surface area contributed by atoms with E-state index in [4.69, 9.17) is 10.3 Å². The maximum absolute atomic E-state index is 9.71. The van der Waals surface area contributed by atoms with E-state index in [9.17, 15) is 8.42 Å². The summed E-state index contributed by atoms with van der Waals surface area (Å²) in [7, 11) is -3.80. The van der Waals surface area contributed by atoms with Crippen LogP contribution in [0.2, 0.25) is 0 Å². The van der Waals surface area contributed by atoms with Crippen molar-refractivity contribution in [2.45, 2.75) is 0 Å². The molecule has 0 aliphatic rings. The van der Waals surface area contributed by atoms with Crippen LogP contribution >= 0.6 is 16.1 Å². The van der Waals surface area contributed by atoms with Crippen LogP contribution in [-0.2, 0) is 10.1 Å². The van der Waals surface area contributed by atoms with E-state index >= 15 is 0 Å². The molecule has 0 aromatic heterocycles. The van der Waals surface area contributed by atoms with Gasteiger partial charge in [-0.1, -0.05) is 0 Å². The topological polar surface area (TPSA) is 106 Å². The van der Waals surface area contributed by atoms with Gasteiger partial charge in [0.15, 0.2) is 0 Å². The van der Waals surface area contributed by atoms with Crippen LogP contribution in [0.5, 0.6) is 0 Å². The van der Waals surface area contributed by atoms with Gasteiger partial charge in [0, 0.05) is 22.7 Å². The van der Waals surface area contributed by atoms with Crippen molar-refractivity contribution < 1.29 is 13.0 Å².